The van der Waals surface area contributed by atoms with E-state index in [1.807, 2.05) is 11.0 Å². The highest BCUT2D eigenvalue weighted by Gasteiger charge is 2.38. The summed E-state index contributed by atoms with van der Waals surface area (Å²) in [4.78, 5) is 32.7. The number of nitriles is 1. The molecule has 35 heavy (non-hydrogen) atoms. The molecule has 2 N–H and O–H groups in total. The van der Waals surface area contributed by atoms with Gasteiger partial charge >= 0.3 is 0 Å². The van der Waals surface area contributed by atoms with Crippen LogP contribution in [0.5, 0.6) is 5.75 Å². The third kappa shape index (κ3) is 4.82. The number of likely N-dealkylation sites (tertiary alicyclic amines) is 2. The van der Waals surface area contributed by atoms with Crippen molar-refractivity contribution in [2.75, 3.05) is 33.3 Å². The molecule has 2 aromatic rings. The zero-order chi connectivity index (χ0) is 24.9. The van der Waals surface area contributed by atoms with Crippen molar-refractivity contribution in [2.24, 2.45) is 16.6 Å². The van der Waals surface area contributed by atoms with E-state index in [1.54, 1.807) is 35.9 Å². The van der Waals surface area contributed by atoms with E-state index in [2.05, 4.69) is 23.0 Å². The maximum Gasteiger partial charge on any atom is 0.298 e. The number of nitrogens with zero attached hydrogens (tertiary/aromatic N) is 6. The fourth-order valence-corrected chi connectivity index (χ4v) is 4.36. The zero-order valence-electron chi connectivity index (χ0n) is 19.8. The van der Waals surface area contributed by atoms with Crippen LogP contribution in [0.25, 0.3) is 11.1 Å². The average Bonchev–Trinajstić information content (AvgIpc) is 3.27. The van der Waals surface area contributed by atoms with E-state index in [1.165, 1.54) is 12.4 Å². The van der Waals surface area contributed by atoms with Crippen LogP contribution in [0.2, 0.25) is 0 Å². The molecule has 0 aliphatic carbocycles. The number of allylic oxidation sites excluding steroid dienone is 1. The first-order valence-corrected chi connectivity index (χ1v) is 11.4. The van der Waals surface area contributed by atoms with E-state index in [-0.39, 0.29) is 23.8 Å². The van der Waals surface area contributed by atoms with Crippen LogP contribution in [0.4, 0.5) is 0 Å². The zero-order valence-corrected chi connectivity index (χ0v) is 19.8. The standard InChI is InChI=1S/C25H27N7O3/c1-3-4-23(33)31-14-20(15-31)25(34)30-7-5-21(6-8-30)28-12-18(10-26)17-9-22(35-2)24-19(11-27)13-29-32(24)16-17/h9-10,12-13,16,20-21H,5-8,14-15,26H2,1-2H3/b18-10+,28-12?. The van der Waals surface area contributed by atoms with Crippen molar-refractivity contribution in [3.05, 3.63) is 35.8 Å². The summed E-state index contributed by atoms with van der Waals surface area (Å²) >= 11 is 0. The molecule has 2 aliphatic heterocycles. The normalized spacial score (nSPS) is 17.1. The van der Waals surface area contributed by atoms with Crippen LogP contribution in [0.1, 0.15) is 30.9 Å². The van der Waals surface area contributed by atoms with Crippen molar-refractivity contribution in [3.63, 3.8) is 0 Å². The number of aromatic nitrogens is 2. The van der Waals surface area contributed by atoms with Crippen LogP contribution < -0.4 is 10.5 Å². The van der Waals surface area contributed by atoms with E-state index in [9.17, 15) is 14.9 Å². The molecule has 0 unspecified atom stereocenters. The Morgan fingerprint density at radius 2 is 2.03 bits per heavy atom. The molecule has 180 valence electrons. The molecule has 2 aromatic heterocycles. The number of hydrogen-bond acceptors (Lipinski definition) is 7. The summed E-state index contributed by atoms with van der Waals surface area (Å²) in [6, 6.07) is 4.00. The third-order valence-electron chi connectivity index (χ3n) is 6.38. The largest absolute Gasteiger partial charge is 0.494 e. The predicted molar refractivity (Wildman–Crippen MR) is 130 cm³/mol. The Morgan fingerprint density at radius 3 is 2.66 bits per heavy atom. The van der Waals surface area contributed by atoms with Gasteiger partial charge in [-0.1, -0.05) is 5.92 Å². The second kappa shape index (κ2) is 10.3. The molecule has 10 nitrogen and oxygen atoms in total. The minimum absolute atomic E-state index is 0.0776. The van der Waals surface area contributed by atoms with Gasteiger partial charge in [-0.3, -0.25) is 14.6 Å². The number of aliphatic imine (C=N–C) groups is 1. The van der Waals surface area contributed by atoms with Crippen molar-refractivity contribution >= 4 is 29.1 Å². The molecule has 4 rings (SSSR count). The fraction of sp³-hybridized carbons (Fsp3) is 0.400. The summed E-state index contributed by atoms with van der Waals surface area (Å²) in [5.74, 6) is 5.36. The Bertz CT molecular complexity index is 1290. The van der Waals surface area contributed by atoms with Gasteiger partial charge in [0.05, 0.1) is 25.3 Å². The van der Waals surface area contributed by atoms with Crippen LogP contribution in [0.15, 0.2) is 29.7 Å². The molecule has 2 aliphatic rings. The number of hydrogen-bond donors (Lipinski definition) is 1. The minimum Gasteiger partial charge on any atom is -0.494 e. The summed E-state index contributed by atoms with van der Waals surface area (Å²) in [5, 5.41) is 13.5. The number of ether oxygens (including phenoxy) is 1. The molecule has 0 radical (unpaired) electrons. The maximum atomic E-state index is 12.7. The third-order valence-corrected chi connectivity index (χ3v) is 6.38. The van der Waals surface area contributed by atoms with Crippen LogP contribution >= 0.6 is 0 Å². The first-order chi connectivity index (χ1) is 17.0. The molecule has 0 bridgehead atoms. The fourth-order valence-electron chi connectivity index (χ4n) is 4.36. The smallest absolute Gasteiger partial charge is 0.298 e. The maximum absolute atomic E-state index is 12.7. The first kappa shape index (κ1) is 23.8. The summed E-state index contributed by atoms with van der Waals surface area (Å²) in [6.07, 6.45) is 8.00. The average molecular weight is 474 g/mol. The van der Waals surface area contributed by atoms with Crippen molar-refractivity contribution < 1.29 is 14.3 Å². The number of amides is 2. The SMILES string of the molecule is CC#CC(=O)N1CC(C(=O)N2CCC(N=C/C(=C\N)c3cc(OC)c4c(C#N)cnn4c3)CC2)C1. The van der Waals surface area contributed by atoms with Crippen LogP contribution in [-0.4, -0.2) is 76.8 Å². The molecule has 2 fully saturated rings. The van der Waals surface area contributed by atoms with Crippen LogP contribution in [-0.2, 0) is 9.59 Å². The Hall–Kier alpha value is -4.31. The monoisotopic (exact) mass is 473 g/mol. The van der Waals surface area contributed by atoms with Gasteiger partial charge in [0.25, 0.3) is 5.91 Å². The molecule has 2 amide bonds. The number of fused-ring (bicyclic) bond motifs is 1. The summed E-state index contributed by atoms with van der Waals surface area (Å²) in [6.45, 7) is 3.76. The number of nitrogens with two attached hydrogens (primary N) is 1. The number of carbonyl (C=O) groups excluding carboxylic acids is 2. The molecular weight excluding hydrogens is 446 g/mol. The highest BCUT2D eigenvalue weighted by molar-refractivity contribution is 6.10. The Labute approximate surface area is 203 Å². The van der Waals surface area contributed by atoms with Gasteiger partial charge in [-0.25, -0.2) is 4.52 Å². The Morgan fingerprint density at radius 1 is 1.29 bits per heavy atom. The van der Waals surface area contributed by atoms with E-state index in [0.717, 1.165) is 18.4 Å². The van der Waals surface area contributed by atoms with E-state index >= 15 is 0 Å². The van der Waals surface area contributed by atoms with Gasteiger partial charge in [0.1, 0.15) is 22.9 Å². The van der Waals surface area contributed by atoms with Gasteiger partial charge in [0, 0.05) is 55.9 Å². The van der Waals surface area contributed by atoms with E-state index in [0.29, 0.717) is 48.6 Å². The summed E-state index contributed by atoms with van der Waals surface area (Å²) < 4.78 is 7.06. The van der Waals surface area contributed by atoms with Crippen molar-refractivity contribution in [3.8, 4) is 23.7 Å². The van der Waals surface area contributed by atoms with Gasteiger partial charge in [-0.15, -0.1) is 0 Å². The number of pyridine rings is 1. The number of methoxy groups -OCH3 is 1. The molecule has 2 saturated heterocycles. The van der Waals surface area contributed by atoms with Crippen LogP contribution in [0, 0.1) is 29.1 Å². The van der Waals surface area contributed by atoms with Crippen molar-refractivity contribution in [1.29, 1.82) is 5.26 Å². The molecule has 10 heteroatoms. The Balaban J connectivity index is 1.35. The van der Waals surface area contributed by atoms with Crippen molar-refractivity contribution in [2.45, 2.75) is 25.8 Å². The molecule has 4 heterocycles. The molecule has 0 spiro atoms. The number of rotatable bonds is 5. The molecule has 0 saturated carbocycles. The Kier molecular flexibility index (Phi) is 7.02. The molecule has 0 atom stereocenters. The summed E-state index contributed by atoms with van der Waals surface area (Å²) in [7, 11) is 1.54. The van der Waals surface area contributed by atoms with Gasteiger partial charge in [-0.05, 0) is 31.8 Å². The second-order valence-corrected chi connectivity index (χ2v) is 8.50. The lowest BCUT2D eigenvalue weighted by Gasteiger charge is -2.41. The lowest BCUT2D eigenvalue weighted by Crippen LogP contribution is -2.57. The highest BCUT2D eigenvalue weighted by Crippen LogP contribution is 2.27. The topological polar surface area (TPSA) is 129 Å². The lowest BCUT2D eigenvalue weighted by molar-refractivity contribution is -0.146. The molecular formula is C25H27N7O3. The van der Waals surface area contributed by atoms with Gasteiger partial charge in [0.2, 0.25) is 5.91 Å². The van der Waals surface area contributed by atoms with Gasteiger partial charge in [0.15, 0.2) is 0 Å². The molecule has 0 aromatic carbocycles. The van der Waals surface area contributed by atoms with Gasteiger partial charge < -0.3 is 20.3 Å². The van der Waals surface area contributed by atoms with E-state index < -0.39 is 0 Å². The first-order valence-electron chi connectivity index (χ1n) is 11.4. The quantitative estimate of drug-likeness (QED) is 0.511. The number of piperidine rings is 1. The summed E-state index contributed by atoms with van der Waals surface area (Å²) in [5.41, 5.74) is 8.38. The second-order valence-electron chi connectivity index (χ2n) is 8.50. The number of carbonyl (C=O) groups is 2. The van der Waals surface area contributed by atoms with Crippen molar-refractivity contribution in [1.82, 2.24) is 19.4 Å². The highest BCUT2D eigenvalue weighted by atomic mass is 16.5. The van der Waals surface area contributed by atoms with Crippen LogP contribution in [0.3, 0.4) is 0 Å². The van der Waals surface area contributed by atoms with E-state index in [4.69, 9.17) is 15.5 Å². The van der Waals surface area contributed by atoms with Gasteiger partial charge in [-0.2, -0.15) is 10.4 Å². The predicted octanol–water partition coefficient (Wildman–Crippen LogP) is 1.06. The lowest BCUT2D eigenvalue weighted by atomic mass is 9.96. The minimum atomic E-state index is -0.219.